The largest absolute Gasteiger partial charge is 0.399 e. The first-order valence-corrected chi connectivity index (χ1v) is 9.29. The zero-order valence-electron chi connectivity index (χ0n) is 15.8. The number of hydrogen-bond acceptors (Lipinski definition) is 6. The summed E-state index contributed by atoms with van der Waals surface area (Å²) < 4.78 is 0. The summed E-state index contributed by atoms with van der Waals surface area (Å²) in [4.78, 5) is 23.4. The fourth-order valence-electron chi connectivity index (χ4n) is 3.83. The van der Waals surface area contributed by atoms with Gasteiger partial charge in [-0.1, -0.05) is 18.2 Å². The Balaban J connectivity index is 1.74. The van der Waals surface area contributed by atoms with Gasteiger partial charge in [-0.15, -0.1) is 0 Å². The Hall–Kier alpha value is -2.86. The first-order valence-electron chi connectivity index (χ1n) is 9.29. The number of nitrogens with two attached hydrogens (primary N) is 1. The molecule has 2 heterocycles. The number of likely N-dealkylation sites (N-methyl/N-ethyl adjacent to an activating group) is 1. The minimum Gasteiger partial charge on any atom is -0.399 e. The fraction of sp³-hybridized carbons (Fsp3) is 0.333. The van der Waals surface area contributed by atoms with Crippen molar-refractivity contribution in [3.63, 3.8) is 0 Å². The fourth-order valence-corrected chi connectivity index (χ4v) is 3.83. The van der Waals surface area contributed by atoms with Crippen LogP contribution in [0.5, 0.6) is 0 Å². The number of aliphatic imine (C=N–C) groups is 1. The maximum absolute atomic E-state index is 12.1. The molecule has 2 N–H and O–H groups in total. The third kappa shape index (κ3) is 3.17. The number of anilines is 3. The van der Waals surface area contributed by atoms with Gasteiger partial charge in [-0.2, -0.15) is 0 Å². The summed E-state index contributed by atoms with van der Waals surface area (Å²) in [5, 5.41) is 0. The summed E-state index contributed by atoms with van der Waals surface area (Å²) in [6, 6.07) is 11.4. The lowest BCUT2D eigenvalue weighted by atomic mass is 9.99. The molecule has 2 aliphatic rings. The molecule has 1 unspecified atom stereocenters. The zero-order chi connectivity index (χ0) is 19.0. The van der Waals surface area contributed by atoms with Crippen LogP contribution in [-0.4, -0.2) is 50.8 Å². The third-order valence-corrected chi connectivity index (χ3v) is 5.46. The van der Waals surface area contributed by atoms with Crippen LogP contribution in [-0.2, 0) is 4.79 Å². The molecule has 0 saturated carbocycles. The summed E-state index contributed by atoms with van der Waals surface area (Å²) in [7, 11) is 2.14. The lowest BCUT2D eigenvalue weighted by Crippen LogP contribution is -2.44. The van der Waals surface area contributed by atoms with Crippen LogP contribution in [0.4, 0.5) is 22.7 Å². The predicted octanol–water partition coefficient (Wildman–Crippen LogP) is 2.75. The molecule has 0 aliphatic carbocycles. The summed E-state index contributed by atoms with van der Waals surface area (Å²) in [5.74, 6) is 0. The number of aldehydes is 1. The Morgan fingerprint density at radius 2 is 1.89 bits per heavy atom. The Labute approximate surface area is 159 Å². The van der Waals surface area contributed by atoms with Crippen molar-refractivity contribution in [2.75, 3.05) is 48.8 Å². The Morgan fingerprint density at radius 3 is 2.63 bits per heavy atom. The highest BCUT2D eigenvalue weighted by molar-refractivity contribution is 5.95. The van der Waals surface area contributed by atoms with Crippen LogP contribution in [0.3, 0.4) is 0 Å². The zero-order valence-corrected chi connectivity index (χ0v) is 15.8. The number of aryl methyl sites for hydroxylation is 1. The normalized spacial score (nSPS) is 19.9. The third-order valence-electron chi connectivity index (χ3n) is 5.46. The standard InChI is InChI=1S/C21H25N5O/c1-15-6-7-16(22)12-19(15)26-14-23-21-17(20(26)13-27)4-3-5-18(21)25-10-8-24(2)9-11-25/h3-7,12-14,20H,8-11,22H2,1-2H3. The van der Waals surface area contributed by atoms with Crippen LogP contribution in [0.2, 0.25) is 0 Å². The minimum absolute atomic E-state index is 0.412. The summed E-state index contributed by atoms with van der Waals surface area (Å²) in [6.45, 7) is 6.00. The molecule has 6 nitrogen and oxygen atoms in total. The summed E-state index contributed by atoms with van der Waals surface area (Å²) >= 11 is 0. The van der Waals surface area contributed by atoms with E-state index in [9.17, 15) is 4.79 Å². The van der Waals surface area contributed by atoms with E-state index in [-0.39, 0.29) is 0 Å². The van der Waals surface area contributed by atoms with Crippen LogP contribution in [0.15, 0.2) is 41.4 Å². The Kier molecular flexibility index (Phi) is 4.58. The number of para-hydroxylation sites is 1. The van der Waals surface area contributed by atoms with Crippen LogP contribution >= 0.6 is 0 Å². The SMILES string of the molecule is Cc1ccc(N)cc1N1C=Nc2c(cccc2N2CCN(C)CC2)C1C=O. The molecule has 0 amide bonds. The second-order valence-electron chi connectivity index (χ2n) is 7.28. The number of carbonyl (C=O) groups is 1. The highest BCUT2D eigenvalue weighted by Crippen LogP contribution is 2.42. The van der Waals surface area contributed by atoms with Crippen molar-refractivity contribution >= 4 is 35.4 Å². The van der Waals surface area contributed by atoms with E-state index in [0.29, 0.717) is 5.69 Å². The van der Waals surface area contributed by atoms with Gasteiger partial charge in [-0.05, 0) is 37.7 Å². The lowest BCUT2D eigenvalue weighted by molar-refractivity contribution is -0.108. The van der Waals surface area contributed by atoms with E-state index in [1.165, 1.54) is 0 Å². The van der Waals surface area contributed by atoms with E-state index in [2.05, 4.69) is 22.9 Å². The van der Waals surface area contributed by atoms with Gasteiger partial charge in [0.2, 0.25) is 0 Å². The first kappa shape index (κ1) is 17.5. The molecule has 2 aliphatic heterocycles. The number of hydrogen-bond donors (Lipinski definition) is 1. The minimum atomic E-state index is -0.412. The number of rotatable bonds is 3. The maximum Gasteiger partial charge on any atom is 0.147 e. The van der Waals surface area contributed by atoms with Crippen molar-refractivity contribution < 1.29 is 4.79 Å². The van der Waals surface area contributed by atoms with E-state index in [1.54, 1.807) is 6.34 Å². The molecule has 0 radical (unpaired) electrons. The van der Waals surface area contributed by atoms with Crippen molar-refractivity contribution in [1.82, 2.24) is 4.90 Å². The highest BCUT2D eigenvalue weighted by atomic mass is 16.1. The first-order chi connectivity index (χ1) is 13.1. The predicted molar refractivity (Wildman–Crippen MR) is 111 cm³/mol. The quantitative estimate of drug-likeness (QED) is 0.671. The number of nitrogen functional groups attached to an aromatic ring is 1. The van der Waals surface area contributed by atoms with Gasteiger partial charge >= 0.3 is 0 Å². The maximum atomic E-state index is 12.1. The molecule has 0 bridgehead atoms. The molecule has 6 heteroatoms. The van der Waals surface area contributed by atoms with E-state index < -0.39 is 6.04 Å². The van der Waals surface area contributed by atoms with Gasteiger partial charge in [0, 0.05) is 43.1 Å². The highest BCUT2D eigenvalue weighted by Gasteiger charge is 2.29. The van der Waals surface area contributed by atoms with Crippen LogP contribution < -0.4 is 15.5 Å². The van der Waals surface area contributed by atoms with Crippen molar-refractivity contribution in [3.8, 4) is 0 Å². The van der Waals surface area contributed by atoms with Gasteiger partial charge in [0.05, 0.1) is 17.7 Å². The number of nitrogens with zero attached hydrogens (tertiary/aromatic N) is 4. The molecule has 2 aromatic rings. The van der Waals surface area contributed by atoms with Crippen LogP contribution in [0.1, 0.15) is 17.2 Å². The van der Waals surface area contributed by atoms with Gasteiger partial charge in [-0.3, -0.25) is 0 Å². The van der Waals surface area contributed by atoms with Gasteiger partial charge in [0.15, 0.2) is 0 Å². The number of carbonyl (C=O) groups excluding carboxylic acids is 1. The van der Waals surface area contributed by atoms with E-state index in [0.717, 1.165) is 60.7 Å². The van der Waals surface area contributed by atoms with Crippen LogP contribution in [0.25, 0.3) is 0 Å². The topological polar surface area (TPSA) is 65.2 Å². The van der Waals surface area contributed by atoms with Crippen LogP contribution in [0, 0.1) is 6.92 Å². The van der Waals surface area contributed by atoms with Gasteiger partial charge < -0.3 is 25.2 Å². The summed E-state index contributed by atoms with van der Waals surface area (Å²) in [6.07, 6.45) is 2.75. The number of fused-ring (bicyclic) bond motifs is 1. The monoisotopic (exact) mass is 363 g/mol. The smallest absolute Gasteiger partial charge is 0.147 e. The van der Waals surface area contributed by atoms with E-state index >= 15 is 0 Å². The second kappa shape index (κ2) is 7.04. The molecule has 1 fully saturated rings. The number of benzene rings is 2. The van der Waals surface area contributed by atoms with Crippen molar-refractivity contribution in [3.05, 3.63) is 47.5 Å². The second-order valence-corrected chi connectivity index (χ2v) is 7.28. The molecule has 1 atom stereocenters. The number of piperazine rings is 1. The van der Waals surface area contributed by atoms with E-state index in [4.69, 9.17) is 10.7 Å². The molecule has 0 aromatic heterocycles. The molecule has 0 spiro atoms. The van der Waals surface area contributed by atoms with E-state index in [1.807, 2.05) is 42.2 Å². The lowest BCUT2D eigenvalue weighted by Gasteiger charge is -2.37. The summed E-state index contributed by atoms with van der Waals surface area (Å²) in [5.41, 5.74) is 11.6. The van der Waals surface area contributed by atoms with Gasteiger partial charge in [0.1, 0.15) is 12.3 Å². The average Bonchev–Trinajstić information content (AvgIpc) is 2.69. The van der Waals surface area contributed by atoms with Gasteiger partial charge in [-0.25, -0.2) is 4.99 Å². The van der Waals surface area contributed by atoms with Crippen molar-refractivity contribution in [1.29, 1.82) is 0 Å². The molecule has 140 valence electrons. The van der Waals surface area contributed by atoms with Crippen molar-refractivity contribution in [2.45, 2.75) is 13.0 Å². The average molecular weight is 363 g/mol. The van der Waals surface area contributed by atoms with Crippen molar-refractivity contribution in [2.24, 2.45) is 4.99 Å². The molecular weight excluding hydrogens is 338 g/mol. The molecule has 27 heavy (non-hydrogen) atoms. The molecule has 4 rings (SSSR count). The molecular formula is C21H25N5O. The van der Waals surface area contributed by atoms with Gasteiger partial charge in [0.25, 0.3) is 0 Å². The Morgan fingerprint density at radius 1 is 1.11 bits per heavy atom. The molecule has 1 saturated heterocycles. The Bertz CT molecular complexity index is 886. The molecule has 2 aromatic carbocycles.